The SMILES string of the molecule is COc1ccc(CN2CCN3C(=O)NCC3C2)c(O)c1. The largest absolute Gasteiger partial charge is 0.507 e. The number of amides is 2. The van der Waals surface area contributed by atoms with Crippen LogP contribution in [0.1, 0.15) is 5.56 Å². The molecule has 0 aliphatic carbocycles. The molecule has 0 radical (unpaired) electrons. The Morgan fingerprint density at radius 2 is 2.30 bits per heavy atom. The molecule has 2 N–H and O–H groups in total. The van der Waals surface area contributed by atoms with Crippen molar-refractivity contribution >= 4 is 6.03 Å². The number of carbonyl (C=O) groups excluding carboxylic acids is 1. The van der Waals surface area contributed by atoms with Crippen molar-refractivity contribution in [3.63, 3.8) is 0 Å². The first-order valence-corrected chi connectivity index (χ1v) is 6.80. The number of carbonyl (C=O) groups is 1. The molecule has 1 aromatic rings. The molecule has 2 fully saturated rings. The second kappa shape index (κ2) is 5.20. The summed E-state index contributed by atoms with van der Waals surface area (Å²) >= 11 is 0. The van der Waals surface area contributed by atoms with Gasteiger partial charge in [0, 0.05) is 44.4 Å². The molecule has 2 aliphatic heterocycles. The lowest BCUT2D eigenvalue weighted by atomic mass is 10.1. The summed E-state index contributed by atoms with van der Waals surface area (Å²) in [6.07, 6.45) is 0. The van der Waals surface area contributed by atoms with E-state index >= 15 is 0 Å². The number of phenolic OH excluding ortho intramolecular Hbond substituents is 1. The molecular formula is C14H19N3O3. The maximum absolute atomic E-state index is 11.5. The van der Waals surface area contributed by atoms with Gasteiger partial charge in [-0.3, -0.25) is 4.90 Å². The van der Waals surface area contributed by atoms with Gasteiger partial charge in [-0.2, -0.15) is 0 Å². The van der Waals surface area contributed by atoms with Crippen LogP contribution in [0.2, 0.25) is 0 Å². The maximum Gasteiger partial charge on any atom is 0.317 e. The van der Waals surface area contributed by atoms with Gasteiger partial charge >= 0.3 is 6.03 Å². The van der Waals surface area contributed by atoms with Crippen molar-refractivity contribution in [3.05, 3.63) is 23.8 Å². The molecule has 2 aliphatic rings. The Morgan fingerprint density at radius 1 is 1.45 bits per heavy atom. The third-order valence-electron chi connectivity index (χ3n) is 4.00. The van der Waals surface area contributed by atoms with Gasteiger partial charge in [0.15, 0.2) is 0 Å². The molecule has 0 saturated carbocycles. The number of hydrogen-bond acceptors (Lipinski definition) is 4. The summed E-state index contributed by atoms with van der Waals surface area (Å²) in [6, 6.07) is 5.66. The quantitative estimate of drug-likeness (QED) is 0.849. The lowest BCUT2D eigenvalue weighted by Gasteiger charge is -2.36. The zero-order valence-corrected chi connectivity index (χ0v) is 11.5. The summed E-state index contributed by atoms with van der Waals surface area (Å²) in [7, 11) is 1.58. The Kier molecular flexibility index (Phi) is 3.40. The maximum atomic E-state index is 11.5. The number of aromatic hydroxyl groups is 1. The van der Waals surface area contributed by atoms with Crippen molar-refractivity contribution in [2.75, 3.05) is 33.3 Å². The third-order valence-corrected chi connectivity index (χ3v) is 4.00. The van der Waals surface area contributed by atoms with Crippen LogP contribution in [-0.2, 0) is 6.54 Å². The molecule has 2 heterocycles. The minimum atomic E-state index is 0.0435. The Bertz CT molecular complexity index is 520. The molecule has 6 heteroatoms. The molecule has 2 amide bonds. The van der Waals surface area contributed by atoms with Gasteiger partial charge in [-0.15, -0.1) is 0 Å². The van der Waals surface area contributed by atoms with Crippen LogP contribution in [0.15, 0.2) is 18.2 Å². The first kappa shape index (κ1) is 13.1. The number of piperazine rings is 1. The number of methoxy groups -OCH3 is 1. The van der Waals surface area contributed by atoms with Gasteiger partial charge < -0.3 is 20.1 Å². The van der Waals surface area contributed by atoms with Crippen LogP contribution < -0.4 is 10.1 Å². The van der Waals surface area contributed by atoms with E-state index in [-0.39, 0.29) is 17.8 Å². The number of ether oxygens (including phenoxy) is 1. The normalized spacial score (nSPS) is 22.6. The van der Waals surface area contributed by atoms with Crippen LogP contribution in [-0.4, -0.2) is 60.3 Å². The van der Waals surface area contributed by atoms with Crippen LogP contribution in [0.5, 0.6) is 11.5 Å². The molecule has 20 heavy (non-hydrogen) atoms. The number of hydrogen-bond donors (Lipinski definition) is 2. The monoisotopic (exact) mass is 277 g/mol. The van der Waals surface area contributed by atoms with E-state index in [9.17, 15) is 9.90 Å². The minimum Gasteiger partial charge on any atom is -0.507 e. The van der Waals surface area contributed by atoms with Gasteiger partial charge in [0.2, 0.25) is 0 Å². The molecule has 0 aromatic heterocycles. The van der Waals surface area contributed by atoms with Gasteiger partial charge in [-0.25, -0.2) is 4.79 Å². The van der Waals surface area contributed by atoms with E-state index in [0.29, 0.717) is 18.8 Å². The van der Waals surface area contributed by atoms with Crippen LogP contribution >= 0.6 is 0 Å². The number of rotatable bonds is 3. The van der Waals surface area contributed by atoms with Crippen molar-refractivity contribution < 1.29 is 14.6 Å². The molecule has 0 spiro atoms. The smallest absolute Gasteiger partial charge is 0.317 e. The molecule has 1 aromatic carbocycles. The second-order valence-corrected chi connectivity index (χ2v) is 5.26. The van der Waals surface area contributed by atoms with Crippen molar-refractivity contribution in [3.8, 4) is 11.5 Å². The molecule has 1 atom stereocenters. The number of nitrogens with one attached hydrogen (secondary N) is 1. The highest BCUT2D eigenvalue weighted by Gasteiger charge is 2.35. The van der Waals surface area contributed by atoms with Crippen molar-refractivity contribution in [1.29, 1.82) is 0 Å². The summed E-state index contributed by atoms with van der Waals surface area (Å²) in [5.41, 5.74) is 0.886. The fourth-order valence-electron chi connectivity index (χ4n) is 2.86. The summed E-state index contributed by atoms with van der Waals surface area (Å²) in [6.45, 7) is 3.81. The van der Waals surface area contributed by atoms with Crippen molar-refractivity contribution in [2.45, 2.75) is 12.6 Å². The average molecular weight is 277 g/mol. The zero-order chi connectivity index (χ0) is 14.1. The summed E-state index contributed by atoms with van der Waals surface area (Å²) in [4.78, 5) is 15.7. The Labute approximate surface area is 117 Å². The van der Waals surface area contributed by atoms with Crippen LogP contribution in [0.3, 0.4) is 0 Å². The number of nitrogens with zero attached hydrogens (tertiary/aromatic N) is 2. The van der Waals surface area contributed by atoms with Crippen LogP contribution in [0.25, 0.3) is 0 Å². The number of phenols is 1. The number of benzene rings is 1. The topological polar surface area (TPSA) is 65.0 Å². The highest BCUT2D eigenvalue weighted by molar-refractivity contribution is 5.77. The summed E-state index contributed by atoms with van der Waals surface area (Å²) in [5.74, 6) is 0.911. The number of urea groups is 1. The second-order valence-electron chi connectivity index (χ2n) is 5.26. The average Bonchev–Trinajstić information content (AvgIpc) is 2.82. The van der Waals surface area contributed by atoms with E-state index in [1.54, 1.807) is 13.2 Å². The highest BCUT2D eigenvalue weighted by atomic mass is 16.5. The molecule has 108 valence electrons. The van der Waals surface area contributed by atoms with E-state index in [1.165, 1.54) is 0 Å². The zero-order valence-electron chi connectivity index (χ0n) is 11.5. The highest BCUT2D eigenvalue weighted by Crippen LogP contribution is 2.25. The van der Waals surface area contributed by atoms with Crippen LogP contribution in [0, 0.1) is 0 Å². The van der Waals surface area contributed by atoms with E-state index in [1.807, 2.05) is 17.0 Å². The van der Waals surface area contributed by atoms with Crippen LogP contribution in [0.4, 0.5) is 4.79 Å². The molecule has 3 rings (SSSR count). The fourth-order valence-corrected chi connectivity index (χ4v) is 2.86. The Morgan fingerprint density at radius 3 is 3.05 bits per heavy atom. The lowest BCUT2D eigenvalue weighted by molar-refractivity contribution is 0.116. The van der Waals surface area contributed by atoms with Gasteiger partial charge in [-0.05, 0) is 6.07 Å². The summed E-state index contributed by atoms with van der Waals surface area (Å²) in [5, 5.41) is 12.9. The summed E-state index contributed by atoms with van der Waals surface area (Å²) < 4.78 is 5.08. The van der Waals surface area contributed by atoms with Gasteiger partial charge in [0.1, 0.15) is 11.5 Å². The lowest BCUT2D eigenvalue weighted by Crippen LogP contribution is -2.51. The van der Waals surface area contributed by atoms with E-state index in [4.69, 9.17) is 4.74 Å². The molecular weight excluding hydrogens is 258 g/mol. The van der Waals surface area contributed by atoms with Gasteiger partial charge in [0.25, 0.3) is 0 Å². The standard InChI is InChI=1S/C14H19N3O3/c1-20-12-3-2-10(13(18)6-12)8-16-4-5-17-11(9-16)7-15-14(17)19/h2-3,6,11,18H,4-5,7-9H2,1H3,(H,15,19). The first-order chi connectivity index (χ1) is 9.67. The molecule has 1 unspecified atom stereocenters. The minimum absolute atomic E-state index is 0.0435. The van der Waals surface area contributed by atoms with Gasteiger partial charge in [0.05, 0.1) is 13.2 Å². The van der Waals surface area contributed by atoms with Crippen molar-refractivity contribution in [2.24, 2.45) is 0 Å². The Balaban J connectivity index is 1.65. The van der Waals surface area contributed by atoms with E-state index in [2.05, 4.69) is 10.2 Å². The van der Waals surface area contributed by atoms with Gasteiger partial charge in [-0.1, -0.05) is 6.07 Å². The Hall–Kier alpha value is -1.95. The predicted molar refractivity (Wildman–Crippen MR) is 73.8 cm³/mol. The third kappa shape index (κ3) is 2.38. The van der Waals surface area contributed by atoms with E-state index in [0.717, 1.165) is 25.2 Å². The fraction of sp³-hybridized carbons (Fsp3) is 0.500. The number of fused-ring (bicyclic) bond motifs is 1. The first-order valence-electron chi connectivity index (χ1n) is 6.80. The predicted octanol–water partition coefficient (Wildman–Crippen LogP) is 0.610. The molecule has 2 saturated heterocycles. The van der Waals surface area contributed by atoms with Crippen molar-refractivity contribution in [1.82, 2.24) is 15.1 Å². The molecule has 0 bridgehead atoms. The van der Waals surface area contributed by atoms with E-state index < -0.39 is 0 Å². The molecule has 6 nitrogen and oxygen atoms in total.